The number of piperidine rings is 1. The summed E-state index contributed by atoms with van der Waals surface area (Å²) < 4.78 is 2.44. The Morgan fingerprint density at radius 3 is 2.71 bits per heavy atom. The number of hydrogen-bond donors (Lipinski definition) is 0. The summed E-state index contributed by atoms with van der Waals surface area (Å²) in [6.45, 7) is 5.03. The van der Waals surface area contributed by atoms with E-state index in [4.69, 9.17) is 4.98 Å². The van der Waals surface area contributed by atoms with E-state index in [9.17, 15) is 4.79 Å². The molecule has 1 aromatic carbocycles. The normalized spacial score (nSPS) is 20.2. The molecule has 1 atom stereocenters. The van der Waals surface area contributed by atoms with Crippen molar-refractivity contribution in [3.05, 3.63) is 53.6 Å². The van der Waals surface area contributed by atoms with E-state index in [1.165, 1.54) is 42.8 Å². The molecular formula is C24H33N3O. The Balaban J connectivity index is 1.29. The van der Waals surface area contributed by atoms with E-state index in [0.717, 1.165) is 38.9 Å². The van der Waals surface area contributed by atoms with Crippen molar-refractivity contribution in [3.8, 4) is 0 Å². The highest BCUT2D eigenvalue weighted by atomic mass is 16.2. The number of aromatic nitrogens is 2. The molecule has 1 amide bonds. The van der Waals surface area contributed by atoms with Gasteiger partial charge >= 0.3 is 0 Å². The Bertz CT molecular complexity index is 778. The number of imidazole rings is 1. The predicted octanol–water partition coefficient (Wildman–Crippen LogP) is 4.72. The summed E-state index contributed by atoms with van der Waals surface area (Å²) in [5, 5.41) is 0. The Hall–Kier alpha value is -2.10. The first-order valence-electron chi connectivity index (χ1n) is 11.0. The van der Waals surface area contributed by atoms with E-state index >= 15 is 0 Å². The lowest BCUT2D eigenvalue weighted by molar-refractivity contribution is -0.133. The first kappa shape index (κ1) is 19.2. The van der Waals surface area contributed by atoms with Gasteiger partial charge < -0.3 is 9.47 Å². The number of benzene rings is 1. The average Bonchev–Trinajstić information content (AvgIpc) is 3.02. The maximum absolute atomic E-state index is 12.7. The molecule has 2 fully saturated rings. The third-order valence-electron chi connectivity index (χ3n) is 6.57. The molecule has 1 unspecified atom stereocenters. The lowest BCUT2D eigenvalue weighted by Gasteiger charge is -2.34. The van der Waals surface area contributed by atoms with E-state index in [2.05, 4.69) is 40.7 Å². The van der Waals surface area contributed by atoms with Crippen molar-refractivity contribution in [2.75, 3.05) is 13.1 Å². The number of hydrogen-bond acceptors (Lipinski definition) is 2. The van der Waals surface area contributed by atoms with E-state index in [1.54, 1.807) is 0 Å². The molecule has 4 heteroatoms. The molecule has 1 aliphatic heterocycles. The molecule has 4 rings (SSSR count). The van der Waals surface area contributed by atoms with Crippen LogP contribution in [0.25, 0.3) is 0 Å². The summed E-state index contributed by atoms with van der Waals surface area (Å²) in [4.78, 5) is 19.6. The third-order valence-corrected chi connectivity index (χ3v) is 6.57. The van der Waals surface area contributed by atoms with Crippen molar-refractivity contribution in [2.45, 2.75) is 70.8 Å². The number of carbonyl (C=O) groups is 1. The fourth-order valence-corrected chi connectivity index (χ4v) is 4.65. The van der Waals surface area contributed by atoms with Gasteiger partial charge in [-0.1, -0.05) is 36.8 Å². The van der Waals surface area contributed by atoms with Gasteiger partial charge in [0.15, 0.2) is 0 Å². The van der Waals surface area contributed by atoms with Crippen molar-refractivity contribution in [1.82, 2.24) is 14.5 Å². The highest BCUT2D eigenvalue weighted by Crippen LogP contribution is 2.36. The van der Waals surface area contributed by atoms with Gasteiger partial charge in [0, 0.05) is 43.9 Å². The zero-order valence-corrected chi connectivity index (χ0v) is 17.1. The summed E-state index contributed by atoms with van der Waals surface area (Å²) >= 11 is 0. The molecule has 0 spiro atoms. The molecule has 4 nitrogen and oxygen atoms in total. The number of aryl methyl sites for hydroxylation is 2. The van der Waals surface area contributed by atoms with Crippen molar-refractivity contribution in [3.63, 3.8) is 0 Å². The Labute approximate surface area is 169 Å². The summed E-state index contributed by atoms with van der Waals surface area (Å²) in [5.74, 6) is 2.84. The lowest BCUT2D eigenvalue weighted by Crippen LogP contribution is -2.41. The standard InChI is InChI=1S/C24H33N3O/c1-19-16-25-24(22-12-6-13-22)27(19)18-21-11-7-15-26(17-21)23(28)14-5-10-20-8-3-2-4-9-20/h2-4,8-9,16,21-22H,5-7,10-15,17-18H2,1H3. The van der Waals surface area contributed by atoms with Gasteiger partial charge in [-0.25, -0.2) is 4.98 Å². The van der Waals surface area contributed by atoms with Crippen LogP contribution in [0.4, 0.5) is 0 Å². The lowest BCUT2D eigenvalue weighted by atomic mass is 9.84. The zero-order chi connectivity index (χ0) is 19.3. The predicted molar refractivity (Wildman–Crippen MR) is 112 cm³/mol. The molecule has 150 valence electrons. The average molecular weight is 380 g/mol. The highest BCUT2D eigenvalue weighted by molar-refractivity contribution is 5.76. The second kappa shape index (κ2) is 8.93. The van der Waals surface area contributed by atoms with Gasteiger partial charge in [-0.3, -0.25) is 4.79 Å². The maximum Gasteiger partial charge on any atom is 0.222 e. The highest BCUT2D eigenvalue weighted by Gasteiger charge is 2.28. The van der Waals surface area contributed by atoms with Crippen LogP contribution in [-0.4, -0.2) is 33.4 Å². The van der Waals surface area contributed by atoms with Crippen LogP contribution in [-0.2, 0) is 17.8 Å². The molecule has 0 N–H and O–H groups in total. The molecule has 0 radical (unpaired) electrons. The van der Waals surface area contributed by atoms with Gasteiger partial charge in [0.25, 0.3) is 0 Å². The van der Waals surface area contributed by atoms with Crippen LogP contribution in [0.3, 0.4) is 0 Å². The smallest absolute Gasteiger partial charge is 0.222 e. The molecular weight excluding hydrogens is 346 g/mol. The zero-order valence-electron chi connectivity index (χ0n) is 17.1. The molecule has 2 heterocycles. The van der Waals surface area contributed by atoms with Crippen LogP contribution >= 0.6 is 0 Å². The van der Waals surface area contributed by atoms with Gasteiger partial charge in [0.2, 0.25) is 5.91 Å². The number of likely N-dealkylation sites (tertiary alicyclic amines) is 1. The topological polar surface area (TPSA) is 38.1 Å². The van der Waals surface area contributed by atoms with Crippen molar-refractivity contribution in [2.24, 2.45) is 5.92 Å². The SMILES string of the molecule is Cc1cnc(C2CCC2)n1CC1CCCN(C(=O)CCCc2ccccc2)C1. The molecule has 1 aromatic heterocycles. The van der Waals surface area contributed by atoms with Crippen LogP contribution in [0, 0.1) is 12.8 Å². The molecule has 1 aliphatic carbocycles. The van der Waals surface area contributed by atoms with Crippen molar-refractivity contribution < 1.29 is 4.79 Å². The van der Waals surface area contributed by atoms with Gasteiger partial charge in [-0.15, -0.1) is 0 Å². The second-order valence-corrected chi connectivity index (χ2v) is 8.68. The van der Waals surface area contributed by atoms with Crippen LogP contribution in [0.1, 0.15) is 67.9 Å². The summed E-state index contributed by atoms with van der Waals surface area (Å²) in [6.07, 6.45) is 10.9. The summed E-state index contributed by atoms with van der Waals surface area (Å²) in [6, 6.07) is 10.5. The van der Waals surface area contributed by atoms with Gasteiger partial charge in [-0.05, 0) is 56.9 Å². The Morgan fingerprint density at radius 2 is 1.96 bits per heavy atom. The Morgan fingerprint density at radius 1 is 1.14 bits per heavy atom. The van der Waals surface area contributed by atoms with Crippen LogP contribution < -0.4 is 0 Å². The molecule has 1 saturated carbocycles. The monoisotopic (exact) mass is 379 g/mol. The quantitative estimate of drug-likeness (QED) is 0.698. The largest absolute Gasteiger partial charge is 0.342 e. The Kier molecular flexibility index (Phi) is 6.13. The van der Waals surface area contributed by atoms with E-state index in [1.807, 2.05) is 12.3 Å². The maximum atomic E-state index is 12.7. The van der Waals surface area contributed by atoms with E-state index < -0.39 is 0 Å². The summed E-state index contributed by atoms with van der Waals surface area (Å²) in [5.41, 5.74) is 2.60. The molecule has 2 aliphatic rings. The van der Waals surface area contributed by atoms with Gasteiger partial charge in [-0.2, -0.15) is 0 Å². The molecule has 2 aromatic rings. The number of amides is 1. The minimum Gasteiger partial charge on any atom is -0.342 e. The van der Waals surface area contributed by atoms with Crippen LogP contribution in [0.2, 0.25) is 0 Å². The van der Waals surface area contributed by atoms with Crippen LogP contribution in [0.15, 0.2) is 36.5 Å². The second-order valence-electron chi connectivity index (χ2n) is 8.68. The molecule has 0 bridgehead atoms. The minimum atomic E-state index is 0.335. The molecule has 1 saturated heterocycles. The summed E-state index contributed by atoms with van der Waals surface area (Å²) in [7, 11) is 0. The fraction of sp³-hybridized carbons (Fsp3) is 0.583. The van der Waals surface area contributed by atoms with Crippen molar-refractivity contribution >= 4 is 5.91 Å². The molecule has 28 heavy (non-hydrogen) atoms. The van der Waals surface area contributed by atoms with E-state index in [-0.39, 0.29) is 0 Å². The first-order valence-corrected chi connectivity index (χ1v) is 11.0. The number of nitrogens with zero attached hydrogens (tertiary/aromatic N) is 3. The fourth-order valence-electron chi connectivity index (χ4n) is 4.65. The van der Waals surface area contributed by atoms with Crippen molar-refractivity contribution in [1.29, 1.82) is 0 Å². The third kappa shape index (κ3) is 4.48. The minimum absolute atomic E-state index is 0.335. The van der Waals surface area contributed by atoms with Gasteiger partial charge in [0.05, 0.1) is 0 Å². The van der Waals surface area contributed by atoms with Gasteiger partial charge in [0.1, 0.15) is 5.82 Å². The first-order chi connectivity index (χ1) is 13.7. The number of rotatable bonds is 7. The van der Waals surface area contributed by atoms with Crippen LogP contribution in [0.5, 0.6) is 0 Å². The number of carbonyl (C=O) groups excluding carboxylic acids is 1. The van der Waals surface area contributed by atoms with E-state index in [0.29, 0.717) is 24.2 Å².